The Hall–Kier alpha value is -1.89. The molecular formula is C11H17N5O2. The van der Waals surface area contributed by atoms with Crippen LogP contribution in [0.5, 0.6) is 0 Å². The highest BCUT2D eigenvalue weighted by molar-refractivity contribution is 5.54. The number of hydrogen-bond donors (Lipinski definition) is 1. The van der Waals surface area contributed by atoms with Crippen molar-refractivity contribution in [2.45, 2.75) is 6.42 Å². The smallest absolute Gasteiger partial charge is 0.276 e. The van der Waals surface area contributed by atoms with Crippen LogP contribution in [-0.2, 0) is 0 Å². The minimum atomic E-state index is -0.439. The molecule has 1 aliphatic rings. The molecule has 0 spiro atoms. The second-order valence-electron chi connectivity index (χ2n) is 4.51. The first-order valence-electron chi connectivity index (χ1n) is 5.92. The lowest BCUT2D eigenvalue weighted by Gasteiger charge is -2.21. The lowest BCUT2D eigenvalue weighted by molar-refractivity contribution is -0.384. The van der Waals surface area contributed by atoms with Crippen LogP contribution >= 0.6 is 0 Å². The van der Waals surface area contributed by atoms with Crippen LogP contribution in [0.2, 0.25) is 0 Å². The van der Waals surface area contributed by atoms with Gasteiger partial charge in [0.15, 0.2) is 0 Å². The SMILES string of the molecule is CN1CCCN(c2cc([N+](=O)[O-])cc(N)n2)CC1. The Morgan fingerprint density at radius 3 is 2.83 bits per heavy atom. The van der Waals surface area contributed by atoms with E-state index in [0.717, 1.165) is 32.6 Å². The maximum absolute atomic E-state index is 10.8. The van der Waals surface area contributed by atoms with Gasteiger partial charge in [-0.3, -0.25) is 10.1 Å². The average Bonchev–Trinajstić information content (AvgIpc) is 2.53. The van der Waals surface area contributed by atoms with Crippen molar-refractivity contribution < 1.29 is 4.92 Å². The van der Waals surface area contributed by atoms with Crippen molar-refractivity contribution in [3.63, 3.8) is 0 Å². The highest BCUT2D eigenvalue weighted by Gasteiger charge is 2.17. The number of nitrogens with two attached hydrogens (primary N) is 1. The first-order chi connectivity index (χ1) is 8.56. The number of pyridine rings is 1. The van der Waals surface area contributed by atoms with Gasteiger partial charge in [0.25, 0.3) is 5.69 Å². The molecule has 98 valence electrons. The minimum Gasteiger partial charge on any atom is -0.383 e. The van der Waals surface area contributed by atoms with Crippen LogP contribution in [0.1, 0.15) is 6.42 Å². The number of likely N-dealkylation sites (N-methyl/N-ethyl adjacent to an activating group) is 1. The van der Waals surface area contributed by atoms with E-state index in [1.54, 1.807) is 0 Å². The first-order valence-corrected chi connectivity index (χ1v) is 5.92. The van der Waals surface area contributed by atoms with Crippen molar-refractivity contribution in [1.82, 2.24) is 9.88 Å². The van der Waals surface area contributed by atoms with Gasteiger partial charge in [0.1, 0.15) is 11.6 Å². The number of hydrogen-bond acceptors (Lipinski definition) is 6. The molecule has 1 saturated heterocycles. The Morgan fingerprint density at radius 1 is 1.33 bits per heavy atom. The van der Waals surface area contributed by atoms with Gasteiger partial charge in [-0.05, 0) is 20.0 Å². The van der Waals surface area contributed by atoms with Gasteiger partial charge in [0.2, 0.25) is 0 Å². The van der Waals surface area contributed by atoms with Gasteiger partial charge in [0.05, 0.1) is 17.1 Å². The second-order valence-corrected chi connectivity index (χ2v) is 4.51. The fourth-order valence-corrected chi connectivity index (χ4v) is 2.07. The van der Waals surface area contributed by atoms with E-state index in [9.17, 15) is 10.1 Å². The molecule has 0 radical (unpaired) electrons. The summed E-state index contributed by atoms with van der Waals surface area (Å²) in [7, 11) is 2.07. The summed E-state index contributed by atoms with van der Waals surface area (Å²) in [6.07, 6.45) is 1.01. The largest absolute Gasteiger partial charge is 0.383 e. The molecule has 18 heavy (non-hydrogen) atoms. The summed E-state index contributed by atoms with van der Waals surface area (Å²) in [5.41, 5.74) is 5.61. The zero-order valence-electron chi connectivity index (χ0n) is 10.4. The summed E-state index contributed by atoms with van der Waals surface area (Å²) >= 11 is 0. The van der Waals surface area contributed by atoms with Crippen LogP contribution in [0.15, 0.2) is 12.1 Å². The maximum Gasteiger partial charge on any atom is 0.276 e. The standard InChI is InChI=1S/C11H17N5O2/c1-14-3-2-4-15(6-5-14)11-8-9(16(17)18)7-10(12)13-11/h7-8H,2-6H2,1H3,(H2,12,13). The molecule has 0 aliphatic carbocycles. The molecular weight excluding hydrogens is 234 g/mol. The summed E-state index contributed by atoms with van der Waals surface area (Å²) in [4.78, 5) is 18.8. The number of nitrogens with zero attached hydrogens (tertiary/aromatic N) is 4. The Balaban J connectivity index is 2.24. The number of rotatable bonds is 2. The Bertz CT molecular complexity index is 451. The minimum absolute atomic E-state index is 0.00454. The van der Waals surface area contributed by atoms with Crippen LogP contribution in [0.25, 0.3) is 0 Å². The van der Waals surface area contributed by atoms with E-state index < -0.39 is 4.92 Å². The molecule has 0 amide bonds. The number of anilines is 2. The quantitative estimate of drug-likeness (QED) is 0.615. The molecule has 0 atom stereocenters. The van der Waals surface area contributed by atoms with E-state index in [-0.39, 0.29) is 11.5 Å². The lowest BCUT2D eigenvalue weighted by atomic mass is 10.3. The molecule has 1 aromatic rings. The molecule has 2 heterocycles. The predicted molar refractivity (Wildman–Crippen MR) is 69.6 cm³/mol. The van der Waals surface area contributed by atoms with Gasteiger partial charge in [-0.25, -0.2) is 4.98 Å². The van der Waals surface area contributed by atoms with E-state index in [1.165, 1.54) is 12.1 Å². The number of nitro groups is 1. The molecule has 2 rings (SSSR count). The molecule has 0 saturated carbocycles. The van der Waals surface area contributed by atoms with Gasteiger partial charge in [-0.1, -0.05) is 0 Å². The molecule has 7 nitrogen and oxygen atoms in total. The van der Waals surface area contributed by atoms with Gasteiger partial charge in [0, 0.05) is 19.6 Å². The fraction of sp³-hybridized carbons (Fsp3) is 0.545. The normalized spacial score (nSPS) is 17.5. The van der Waals surface area contributed by atoms with Crippen molar-refractivity contribution >= 4 is 17.3 Å². The highest BCUT2D eigenvalue weighted by atomic mass is 16.6. The van der Waals surface area contributed by atoms with Crippen molar-refractivity contribution in [2.24, 2.45) is 0 Å². The summed E-state index contributed by atoms with van der Waals surface area (Å²) in [5.74, 6) is 0.786. The molecule has 7 heteroatoms. The van der Waals surface area contributed by atoms with Gasteiger partial charge in [-0.15, -0.1) is 0 Å². The Labute approximate surface area is 105 Å². The molecule has 0 bridgehead atoms. The number of aromatic nitrogens is 1. The molecule has 1 aromatic heterocycles. The molecule has 1 aliphatic heterocycles. The predicted octanol–water partition coefficient (Wildman–Crippen LogP) is 0.714. The summed E-state index contributed by atoms with van der Waals surface area (Å²) in [5, 5.41) is 10.8. The van der Waals surface area contributed by atoms with Crippen molar-refractivity contribution in [3.05, 3.63) is 22.2 Å². The van der Waals surface area contributed by atoms with Crippen LogP contribution < -0.4 is 10.6 Å². The number of nitrogen functional groups attached to an aromatic ring is 1. The van der Waals surface area contributed by atoms with Gasteiger partial charge < -0.3 is 15.5 Å². The third-order valence-corrected chi connectivity index (χ3v) is 3.07. The third-order valence-electron chi connectivity index (χ3n) is 3.07. The highest BCUT2D eigenvalue weighted by Crippen LogP contribution is 2.22. The monoisotopic (exact) mass is 251 g/mol. The van der Waals surface area contributed by atoms with Gasteiger partial charge >= 0.3 is 0 Å². The van der Waals surface area contributed by atoms with Crippen molar-refractivity contribution in [1.29, 1.82) is 0 Å². The summed E-state index contributed by atoms with van der Waals surface area (Å²) < 4.78 is 0. The van der Waals surface area contributed by atoms with E-state index in [2.05, 4.69) is 16.9 Å². The van der Waals surface area contributed by atoms with E-state index in [4.69, 9.17) is 5.73 Å². The van der Waals surface area contributed by atoms with Gasteiger partial charge in [-0.2, -0.15) is 0 Å². The second kappa shape index (κ2) is 5.18. The van der Waals surface area contributed by atoms with Crippen molar-refractivity contribution in [2.75, 3.05) is 43.9 Å². The Morgan fingerprint density at radius 2 is 2.11 bits per heavy atom. The topological polar surface area (TPSA) is 88.5 Å². The molecule has 0 aromatic carbocycles. The first kappa shape index (κ1) is 12.6. The van der Waals surface area contributed by atoms with E-state index >= 15 is 0 Å². The van der Waals surface area contributed by atoms with E-state index in [0.29, 0.717) is 5.82 Å². The van der Waals surface area contributed by atoms with Crippen LogP contribution in [0.3, 0.4) is 0 Å². The molecule has 1 fully saturated rings. The van der Waals surface area contributed by atoms with Crippen LogP contribution in [-0.4, -0.2) is 48.0 Å². The third kappa shape index (κ3) is 2.86. The molecule has 2 N–H and O–H groups in total. The fourth-order valence-electron chi connectivity index (χ4n) is 2.07. The maximum atomic E-state index is 10.8. The van der Waals surface area contributed by atoms with E-state index in [1.807, 2.05) is 4.90 Å². The zero-order valence-corrected chi connectivity index (χ0v) is 10.4. The summed E-state index contributed by atoms with van der Waals surface area (Å²) in [6.45, 7) is 3.60. The zero-order chi connectivity index (χ0) is 13.1. The summed E-state index contributed by atoms with van der Waals surface area (Å²) in [6, 6.07) is 2.77. The van der Waals surface area contributed by atoms with Crippen molar-refractivity contribution in [3.8, 4) is 0 Å². The molecule has 0 unspecified atom stereocenters. The lowest BCUT2D eigenvalue weighted by Crippen LogP contribution is -2.29. The van der Waals surface area contributed by atoms with Crippen LogP contribution in [0, 0.1) is 10.1 Å². The average molecular weight is 251 g/mol. The Kier molecular flexibility index (Phi) is 3.61. The van der Waals surface area contributed by atoms with Crippen LogP contribution in [0.4, 0.5) is 17.3 Å².